The van der Waals surface area contributed by atoms with E-state index in [0.29, 0.717) is 67.7 Å². The minimum atomic E-state index is -0.663. The van der Waals surface area contributed by atoms with Crippen LogP contribution in [0.5, 0.6) is 46.0 Å². The Morgan fingerprint density at radius 3 is 1.60 bits per heavy atom. The van der Waals surface area contributed by atoms with Crippen molar-refractivity contribution in [3.05, 3.63) is 109 Å². The molecule has 2 amide bonds. The first-order valence-corrected chi connectivity index (χ1v) is 16.3. The standard InChI is InChI=1S/C22H19FN4O5.C17H15FN2O3/c1-12-8-21(32-27-12)26-22(28)25-13-4-5-18(15(23)9-13)31-17-6-7-24-16-11-20(30-3)19(29-2)10-14(16)17;1-21-16-8-11-13(9-17(16)22-2)20-6-5-14(11)23-15-4-3-10(19)7-12(15)18/h4-11H,1-3H3,(H2,25,26,28);3-9H,19H2,1-2H3. The van der Waals surface area contributed by atoms with Crippen LogP contribution in [0.1, 0.15) is 5.69 Å². The smallest absolute Gasteiger partial charge is 0.326 e. The highest BCUT2D eigenvalue weighted by Crippen LogP contribution is 2.39. The van der Waals surface area contributed by atoms with Crippen LogP contribution in [0.4, 0.5) is 30.8 Å². The Kier molecular flexibility index (Phi) is 11.2. The molecule has 0 aliphatic rings. The van der Waals surface area contributed by atoms with Crippen LogP contribution in [0.2, 0.25) is 0 Å². The SMILES string of the molecule is COc1cc2nccc(Oc3ccc(N)cc3F)c2cc1OC.COc1cc2nccc(Oc3ccc(NC(=O)Nc4cc(C)no4)cc3F)c2cc1OC. The lowest BCUT2D eigenvalue weighted by Crippen LogP contribution is -2.19. The summed E-state index contributed by atoms with van der Waals surface area (Å²) in [7, 11) is 6.14. The molecule has 0 aliphatic carbocycles. The quantitative estimate of drug-likeness (QED) is 0.113. The van der Waals surface area contributed by atoms with E-state index in [4.69, 9.17) is 38.7 Å². The van der Waals surface area contributed by atoms with Crippen molar-refractivity contribution < 1.29 is 46.5 Å². The van der Waals surface area contributed by atoms with E-state index in [1.54, 1.807) is 82.1 Å². The van der Waals surface area contributed by atoms with Gasteiger partial charge in [0, 0.05) is 64.9 Å². The van der Waals surface area contributed by atoms with Gasteiger partial charge < -0.3 is 44.0 Å². The Labute approximate surface area is 312 Å². The molecule has 3 heterocycles. The second kappa shape index (κ2) is 16.5. The Hall–Kier alpha value is -7.36. The molecule has 16 heteroatoms. The molecule has 0 saturated heterocycles. The van der Waals surface area contributed by atoms with Gasteiger partial charge in [-0.15, -0.1) is 0 Å². The van der Waals surface area contributed by atoms with Crippen LogP contribution in [-0.2, 0) is 0 Å². The minimum absolute atomic E-state index is 0.0240. The summed E-state index contributed by atoms with van der Waals surface area (Å²) < 4.78 is 66.2. The van der Waals surface area contributed by atoms with Gasteiger partial charge in [0.05, 0.1) is 45.2 Å². The molecular weight excluding hydrogens is 718 g/mol. The molecular formula is C39H34F2N6O8. The maximum atomic E-state index is 14.7. The molecule has 3 aromatic heterocycles. The Bertz CT molecular complexity index is 2500. The Balaban J connectivity index is 0.000000197. The Morgan fingerprint density at radius 2 is 1.13 bits per heavy atom. The summed E-state index contributed by atoms with van der Waals surface area (Å²) in [4.78, 5) is 20.6. The largest absolute Gasteiger partial charge is 0.493 e. The van der Waals surface area contributed by atoms with Crippen LogP contribution in [0.3, 0.4) is 0 Å². The number of carbonyl (C=O) groups is 1. The molecule has 0 spiro atoms. The molecule has 4 aromatic carbocycles. The second-order valence-electron chi connectivity index (χ2n) is 11.5. The first kappa shape index (κ1) is 37.4. The van der Waals surface area contributed by atoms with Crippen molar-refractivity contribution in [1.82, 2.24) is 15.1 Å². The van der Waals surface area contributed by atoms with Crippen LogP contribution < -0.4 is 44.8 Å². The van der Waals surface area contributed by atoms with Crippen LogP contribution in [0.15, 0.2) is 95.8 Å². The highest BCUT2D eigenvalue weighted by atomic mass is 19.1. The summed E-state index contributed by atoms with van der Waals surface area (Å²) in [5, 5.41) is 9.95. The van der Waals surface area contributed by atoms with Gasteiger partial charge in [0.1, 0.15) is 11.5 Å². The number of nitrogens with one attached hydrogen (secondary N) is 2. The molecule has 0 fully saturated rings. The van der Waals surface area contributed by atoms with E-state index >= 15 is 0 Å². The number of hydrogen-bond donors (Lipinski definition) is 3. The molecule has 282 valence electrons. The first-order chi connectivity index (χ1) is 26.6. The number of halogens is 2. The lowest BCUT2D eigenvalue weighted by Gasteiger charge is -2.13. The van der Waals surface area contributed by atoms with E-state index in [1.807, 2.05) is 0 Å². The van der Waals surface area contributed by atoms with Gasteiger partial charge in [-0.1, -0.05) is 5.16 Å². The number of amides is 2. The summed E-state index contributed by atoms with van der Waals surface area (Å²) in [5.74, 6) is 1.99. The fraction of sp³-hybridized carbons (Fsp3) is 0.128. The number of nitrogens with zero attached hydrogens (tertiary/aromatic N) is 3. The van der Waals surface area contributed by atoms with Crippen molar-refractivity contribution in [2.24, 2.45) is 0 Å². The van der Waals surface area contributed by atoms with E-state index in [9.17, 15) is 13.6 Å². The van der Waals surface area contributed by atoms with Crippen molar-refractivity contribution in [3.8, 4) is 46.0 Å². The normalized spacial score (nSPS) is 10.6. The summed E-state index contributed by atoms with van der Waals surface area (Å²) >= 11 is 0. The number of anilines is 3. The number of nitrogens with two attached hydrogens (primary N) is 1. The molecule has 0 atom stereocenters. The molecule has 0 bridgehead atoms. The average Bonchev–Trinajstić information content (AvgIpc) is 3.59. The van der Waals surface area contributed by atoms with E-state index in [2.05, 4.69) is 25.8 Å². The summed E-state index contributed by atoms with van der Waals surface area (Å²) in [6.07, 6.45) is 3.13. The topological polar surface area (TPSA) is 174 Å². The third-order valence-electron chi connectivity index (χ3n) is 7.86. The number of aryl methyl sites for hydroxylation is 1. The van der Waals surface area contributed by atoms with Gasteiger partial charge in [0.2, 0.25) is 5.88 Å². The van der Waals surface area contributed by atoms with E-state index < -0.39 is 17.7 Å². The predicted octanol–water partition coefficient (Wildman–Crippen LogP) is 8.89. The van der Waals surface area contributed by atoms with Gasteiger partial charge in [-0.05, 0) is 55.5 Å². The number of benzene rings is 4. The van der Waals surface area contributed by atoms with E-state index in [0.717, 1.165) is 6.07 Å². The monoisotopic (exact) mass is 752 g/mol. The van der Waals surface area contributed by atoms with Crippen molar-refractivity contribution in [2.75, 3.05) is 44.8 Å². The number of rotatable bonds is 10. The van der Waals surface area contributed by atoms with Crippen LogP contribution in [0, 0.1) is 18.6 Å². The molecule has 0 unspecified atom stereocenters. The number of fused-ring (bicyclic) bond motifs is 2. The van der Waals surface area contributed by atoms with Crippen molar-refractivity contribution >= 4 is 45.1 Å². The van der Waals surface area contributed by atoms with Gasteiger partial charge in [-0.25, -0.2) is 13.6 Å². The zero-order valence-corrected chi connectivity index (χ0v) is 30.1. The van der Waals surface area contributed by atoms with Crippen LogP contribution in [0.25, 0.3) is 21.8 Å². The lowest BCUT2D eigenvalue weighted by molar-refractivity contribution is 0.261. The van der Waals surface area contributed by atoms with Crippen molar-refractivity contribution in [2.45, 2.75) is 6.92 Å². The number of hydrogen-bond acceptors (Lipinski definition) is 12. The fourth-order valence-corrected chi connectivity index (χ4v) is 5.27. The molecule has 7 aromatic rings. The minimum Gasteiger partial charge on any atom is -0.493 e. The molecule has 55 heavy (non-hydrogen) atoms. The third kappa shape index (κ3) is 8.65. The number of pyridine rings is 2. The zero-order chi connectivity index (χ0) is 39.1. The predicted molar refractivity (Wildman–Crippen MR) is 201 cm³/mol. The molecule has 4 N–H and O–H groups in total. The summed E-state index contributed by atoms with van der Waals surface area (Å²) in [6.45, 7) is 1.72. The number of aromatic nitrogens is 3. The van der Waals surface area contributed by atoms with Gasteiger partial charge in [-0.3, -0.25) is 15.3 Å². The number of methoxy groups -OCH3 is 4. The van der Waals surface area contributed by atoms with Gasteiger partial charge >= 0.3 is 6.03 Å². The number of ether oxygens (including phenoxy) is 6. The highest BCUT2D eigenvalue weighted by Gasteiger charge is 2.16. The second-order valence-corrected chi connectivity index (χ2v) is 11.5. The molecule has 0 radical (unpaired) electrons. The van der Waals surface area contributed by atoms with E-state index in [-0.39, 0.29) is 23.1 Å². The fourth-order valence-electron chi connectivity index (χ4n) is 5.27. The molecule has 0 aliphatic heterocycles. The maximum absolute atomic E-state index is 14.7. The van der Waals surface area contributed by atoms with Crippen molar-refractivity contribution in [3.63, 3.8) is 0 Å². The van der Waals surface area contributed by atoms with Gasteiger partial charge in [0.15, 0.2) is 46.1 Å². The lowest BCUT2D eigenvalue weighted by atomic mass is 10.2. The summed E-state index contributed by atoms with van der Waals surface area (Å²) in [5.41, 5.74) is 7.97. The number of urea groups is 1. The van der Waals surface area contributed by atoms with Gasteiger partial charge in [-0.2, -0.15) is 0 Å². The van der Waals surface area contributed by atoms with Crippen molar-refractivity contribution in [1.29, 1.82) is 0 Å². The molecule has 14 nitrogen and oxygen atoms in total. The maximum Gasteiger partial charge on any atom is 0.326 e. The van der Waals surface area contributed by atoms with Crippen LogP contribution in [-0.4, -0.2) is 49.6 Å². The number of nitrogen functional groups attached to an aromatic ring is 1. The molecule has 0 saturated carbocycles. The average molecular weight is 753 g/mol. The van der Waals surface area contributed by atoms with Gasteiger partial charge in [0.25, 0.3) is 0 Å². The highest BCUT2D eigenvalue weighted by molar-refractivity contribution is 5.99. The first-order valence-electron chi connectivity index (χ1n) is 16.3. The molecule has 7 rings (SSSR count). The zero-order valence-electron chi connectivity index (χ0n) is 30.1. The Morgan fingerprint density at radius 1 is 0.618 bits per heavy atom. The number of carbonyl (C=O) groups excluding carboxylic acids is 1. The van der Waals surface area contributed by atoms with Crippen LogP contribution >= 0.6 is 0 Å². The summed E-state index contributed by atoms with van der Waals surface area (Å²) in [6, 6.07) is 19.5. The third-order valence-corrected chi connectivity index (χ3v) is 7.86. The van der Waals surface area contributed by atoms with E-state index in [1.165, 1.54) is 38.5 Å².